The normalized spacial score (nSPS) is 14.8. The molecule has 0 aliphatic carbocycles. The van der Waals surface area contributed by atoms with E-state index in [0.717, 1.165) is 23.7 Å². The maximum absolute atomic E-state index is 13.7. The zero-order chi connectivity index (χ0) is 63.9. The SMILES string of the molecule is CC.CC(C)C(NC(=O)C(F)(F)F)C(N)=O.CC(C)C(NC(=O)C(F)(F)F)C(N)=O.O=C(c1cccn2cncc12)N1CCC(c2cc(F)cc(C(F)(F)F)c2)CC1.O=C(c1cccn2cncc12)N1CCC(c2cc(F)cc(C(F)F)c2)CC1. The second kappa shape index (κ2) is 30.0. The summed E-state index contributed by atoms with van der Waals surface area (Å²) < 4.78 is 166. The van der Waals surface area contributed by atoms with Crippen LogP contribution in [0.5, 0.6) is 0 Å². The van der Waals surface area contributed by atoms with Crippen molar-refractivity contribution in [1.82, 2.24) is 39.2 Å². The lowest BCUT2D eigenvalue weighted by molar-refractivity contribution is -0.175. The van der Waals surface area contributed by atoms with Crippen LogP contribution >= 0.6 is 0 Å². The molecule has 0 bridgehead atoms. The molecule has 0 saturated carbocycles. The first kappa shape index (κ1) is 69.2. The number of carbonyl (C=O) groups excluding carboxylic acids is 6. The molecular formula is C56H63F13N10O6. The number of carbonyl (C=O) groups is 6. The van der Waals surface area contributed by atoms with E-state index in [-0.39, 0.29) is 29.2 Å². The zero-order valence-corrected chi connectivity index (χ0v) is 46.6. The summed E-state index contributed by atoms with van der Waals surface area (Å²) in [7, 11) is 0. The van der Waals surface area contributed by atoms with Crippen LogP contribution in [-0.2, 0) is 25.4 Å². The van der Waals surface area contributed by atoms with Gasteiger partial charge in [0.15, 0.2) is 0 Å². The van der Waals surface area contributed by atoms with Gasteiger partial charge in [-0.1, -0.05) is 41.5 Å². The number of amides is 6. The van der Waals surface area contributed by atoms with Crippen molar-refractivity contribution in [3.63, 3.8) is 0 Å². The molecule has 29 heteroatoms. The van der Waals surface area contributed by atoms with Crippen LogP contribution in [0, 0.1) is 23.5 Å². The largest absolute Gasteiger partial charge is 0.471 e. The van der Waals surface area contributed by atoms with Gasteiger partial charge in [0, 0.05) is 44.1 Å². The number of benzene rings is 2. The maximum atomic E-state index is 13.7. The average Bonchev–Trinajstić information content (AvgIpc) is 4.37. The van der Waals surface area contributed by atoms with Gasteiger partial charge in [-0.05, 0) is 121 Å². The molecule has 0 radical (unpaired) electrons. The fraction of sp³-hybridized carbons (Fsp3) is 0.429. The standard InChI is InChI=1S/C20H17F4N3O.C20H18F3N3O.2C7H11F3N2O2.C2H6/c21-16-9-14(8-15(10-16)20(22,23)24)13-3-6-26(7-4-13)19(28)17-2-1-5-27-12-25-11-18(17)27;21-16-9-14(8-15(10-16)19(22)23)13-3-6-25(7-4-13)20(27)17-2-1-5-26-12-24-11-18(17)26;2*1-3(2)4(5(11)13)12-6(14)7(8,9)10;1-2/h1-2,5,8-13H,3-4,6-7H2;1-2,5,8-13,19H,3-4,6-7H2;2*3-4H,1-2H3,(H2,11,13)(H,12,14);1-2H3. The molecule has 6 heterocycles. The summed E-state index contributed by atoms with van der Waals surface area (Å²) in [5.74, 6) is -9.27. The van der Waals surface area contributed by atoms with Crippen LogP contribution in [-0.4, -0.2) is 115 Å². The number of hydrogen-bond acceptors (Lipinski definition) is 8. The second-order valence-electron chi connectivity index (χ2n) is 19.9. The average molecular weight is 1220 g/mol. The minimum absolute atomic E-state index is 0.0343. The lowest BCUT2D eigenvalue weighted by Gasteiger charge is -2.32. The van der Waals surface area contributed by atoms with Gasteiger partial charge in [0.05, 0.1) is 52.8 Å². The number of rotatable bonds is 11. The topological polar surface area (TPSA) is 220 Å². The van der Waals surface area contributed by atoms with Crippen LogP contribution in [0.15, 0.2) is 98.1 Å². The van der Waals surface area contributed by atoms with Crippen LogP contribution in [0.4, 0.5) is 57.1 Å². The first-order valence-corrected chi connectivity index (χ1v) is 26.4. The molecule has 2 aliphatic heterocycles. The Morgan fingerprint density at radius 3 is 1.26 bits per heavy atom. The summed E-state index contributed by atoms with van der Waals surface area (Å²) >= 11 is 0. The first-order valence-electron chi connectivity index (χ1n) is 26.4. The first-order chi connectivity index (χ1) is 39.7. The van der Waals surface area contributed by atoms with Crippen molar-refractivity contribution >= 4 is 46.5 Å². The van der Waals surface area contributed by atoms with Gasteiger partial charge in [-0.2, -0.15) is 39.5 Å². The number of hydrogen-bond donors (Lipinski definition) is 4. The lowest BCUT2D eigenvalue weighted by atomic mass is 9.88. The summed E-state index contributed by atoms with van der Waals surface area (Å²) in [6.45, 7) is 11.7. The number of piperidine rings is 2. The van der Waals surface area contributed by atoms with Gasteiger partial charge in [0.2, 0.25) is 11.8 Å². The molecule has 6 amide bonds. The highest BCUT2D eigenvalue weighted by Gasteiger charge is 2.42. The van der Waals surface area contributed by atoms with Gasteiger partial charge >= 0.3 is 30.3 Å². The van der Waals surface area contributed by atoms with E-state index in [1.165, 1.54) is 50.5 Å². The summed E-state index contributed by atoms with van der Waals surface area (Å²) in [5.41, 5.74) is 11.8. The fourth-order valence-corrected chi connectivity index (χ4v) is 9.02. The Balaban J connectivity index is 0.000000253. The molecule has 2 atom stereocenters. The van der Waals surface area contributed by atoms with Gasteiger partial charge in [-0.25, -0.2) is 27.5 Å². The molecule has 2 fully saturated rings. The van der Waals surface area contributed by atoms with E-state index in [4.69, 9.17) is 11.5 Å². The van der Waals surface area contributed by atoms with Crippen molar-refractivity contribution < 1.29 is 85.8 Å². The number of pyridine rings is 2. The number of nitrogens with one attached hydrogen (secondary N) is 2. The highest BCUT2D eigenvalue weighted by molar-refractivity contribution is 6.01. The number of nitrogens with zero attached hydrogens (tertiary/aromatic N) is 6. The number of nitrogens with two attached hydrogens (primary N) is 2. The molecule has 6 aromatic rings. The Labute approximate surface area is 479 Å². The van der Waals surface area contributed by atoms with Gasteiger partial charge in [-0.15, -0.1) is 0 Å². The monoisotopic (exact) mass is 1220 g/mol. The Hall–Kier alpha value is -8.27. The van der Waals surface area contributed by atoms with E-state index in [1.807, 2.05) is 20.0 Å². The van der Waals surface area contributed by atoms with E-state index in [2.05, 4.69) is 9.97 Å². The molecule has 2 saturated heterocycles. The summed E-state index contributed by atoms with van der Waals surface area (Å²) in [4.78, 5) is 79.5. The predicted molar refractivity (Wildman–Crippen MR) is 284 cm³/mol. The van der Waals surface area contributed by atoms with Crippen LogP contribution in [0.2, 0.25) is 0 Å². The van der Waals surface area contributed by atoms with Crippen molar-refractivity contribution in [3.05, 3.63) is 143 Å². The van der Waals surface area contributed by atoms with Gasteiger partial charge in [0.25, 0.3) is 18.2 Å². The second-order valence-corrected chi connectivity index (χ2v) is 19.9. The smallest absolute Gasteiger partial charge is 0.368 e. The van der Waals surface area contributed by atoms with Crippen molar-refractivity contribution in [2.24, 2.45) is 23.3 Å². The highest BCUT2D eigenvalue weighted by atomic mass is 19.4. The fourth-order valence-electron chi connectivity index (χ4n) is 9.02. The molecule has 2 aromatic carbocycles. The number of likely N-dealkylation sites (tertiary alicyclic amines) is 2. The van der Waals surface area contributed by atoms with Gasteiger partial charge in [-0.3, -0.25) is 28.8 Å². The third kappa shape index (κ3) is 19.4. The van der Waals surface area contributed by atoms with Crippen LogP contribution in [0.1, 0.15) is 128 Å². The molecule has 6 N–H and O–H groups in total. The molecule has 8 rings (SSSR count). The molecule has 85 heavy (non-hydrogen) atoms. The Morgan fingerprint density at radius 2 is 0.929 bits per heavy atom. The third-order valence-corrected chi connectivity index (χ3v) is 13.3. The molecule has 16 nitrogen and oxygen atoms in total. The zero-order valence-electron chi connectivity index (χ0n) is 46.6. The molecule has 2 aliphatic rings. The van der Waals surface area contributed by atoms with E-state index in [0.29, 0.717) is 85.7 Å². The maximum Gasteiger partial charge on any atom is 0.471 e. The van der Waals surface area contributed by atoms with Crippen molar-refractivity contribution in [1.29, 1.82) is 0 Å². The minimum atomic E-state index is -5.00. The Morgan fingerprint density at radius 1 is 0.565 bits per heavy atom. The summed E-state index contributed by atoms with van der Waals surface area (Å²) in [6.07, 6.45) is -4.94. The number of aromatic nitrogens is 4. The van der Waals surface area contributed by atoms with Crippen LogP contribution in [0.3, 0.4) is 0 Å². The van der Waals surface area contributed by atoms with Crippen molar-refractivity contribution in [2.45, 2.75) is 116 Å². The minimum Gasteiger partial charge on any atom is -0.368 e. The summed E-state index contributed by atoms with van der Waals surface area (Å²) in [5, 5.41) is 3.03. The van der Waals surface area contributed by atoms with E-state index in [1.54, 1.807) is 74.1 Å². The van der Waals surface area contributed by atoms with Crippen LogP contribution in [0.25, 0.3) is 11.0 Å². The van der Waals surface area contributed by atoms with Gasteiger partial charge in [0.1, 0.15) is 23.7 Å². The van der Waals surface area contributed by atoms with Crippen molar-refractivity contribution in [3.8, 4) is 0 Å². The molecule has 4 aromatic heterocycles. The van der Waals surface area contributed by atoms with E-state index < -0.39 is 89.7 Å². The highest BCUT2D eigenvalue weighted by Crippen LogP contribution is 2.36. The Kier molecular flexibility index (Phi) is 24.4. The number of alkyl halides is 11. The number of imidazole rings is 2. The van der Waals surface area contributed by atoms with Gasteiger partial charge < -0.3 is 40.7 Å². The Bertz CT molecular complexity index is 3190. The molecular weight excluding hydrogens is 1160 g/mol. The molecule has 464 valence electrons. The summed E-state index contributed by atoms with van der Waals surface area (Å²) in [6, 6.07) is 10.7. The number of halogens is 13. The van der Waals surface area contributed by atoms with E-state index >= 15 is 0 Å². The molecule has 0 spiro atoms. The van der Waals surface area contributed by atoms with Crippen LogP contribution < -0.4 is 22.1 Å². The molecule has 2 unspecified atom stereocenters. The predicted octanol–water partition coefficient (Wildman–Crippen LogP) is 10.3. The van der Waals surface area contributed by atoms with E-state index in [9.17, 15) is 85.8 Å². The lowest BCUT2D eigenvalue weighted by Crippen LogP contribution is -2.51. The third-order valence-electron chi connectivity index (χ3n) is 13.3. The quantitative estimate of drug-likeness (QED) is 0.0912. The number of fused-ring (bicyclic) bond motifs is 2. The number of primary amides is 2. The van der Waals surface area contributed by atoms with Crippen molar-refractivity contribution in [2.75, 3.05) is 26.2 Å².